The van der Waals surface area contributed by atoms with E-state index in [1.54, 1.807) is 6.26 Å². The lowest BCUT2D eigenvalue weighted by atomic mass is 9.87. The third-order valence-corrected chi connectivity index (χ3v) is 3.97. The quantitative estimate of drug-likeness (QED) is 0.869. The Balaban J connectivity index is 2.61. The Morgan fingerprint density at radius 1 is 1.00 bits per heavy atom. The summed E-state index contributed by atoms with van der Waals surface area (Å²) in [6.07, 6.45) is 1.71. The van der Waals surface area contributed by atoms with Crippen LogP contribution in [0.2, 0.25) is 0 Å². The summed E-state index contributed by atoms with van der Waals surface area (Å²) in [5.41, 5.74) is 13.9. The van der Waals surface area contributed by atoms with E-state index in [0.29, 0.717) is 0 Å². The van der Waals surface area contributed by atoms with Crippen LogP contribution in [0.3, 0.4) is 0 Å². The van der Waals surface area contributed by atoms with Crippen LogP contribution in [-0.2, 0) is 0 Å². The van der Waals surface area contributed by atoms with Crippen LogP contribution in [0.25, 0.3) is 0 Å². The predicted molar refractivity (Wildman–Crippen MR) is 74.9 cm³/mol. The molecule has 0 fully saturated rings. The average Bonchev–Trinajstić information content (AvgIpc) is 2.73. The SMILES string of the molecule is Cc1cc(C)c(C)c(C(N)c2ccoc2C)c1C. The minimum atomic E-state index is -0.109. The topological polar surface area (TPSA) is 39.2 Å². The summed E-state index contributed by atoms with van der Waals surface area (Å²) in [5, 5.41) is 0. The molecule has 0 aliphatic carbocycles. The van der Waals surface area contributed by atoms with E-state index in [0.717, 1.165) is 11.3 Å². The number of aryl methyl sites for hydroxylation is 3. The highest BCUT2D eigenvalue weighted by Crippen LogP contribution is 2.31. The Kier molecular flexibility index (Phi) is 3.31. The lowest BCUT2D eigenvalue weighted by molar-refractivity contribution is 0.527. The second-order valence-corrected chi connectivity index (χ2v) is 5.08. The molecule has 1 atom stereocenters. The van der Waals surface area contributed by atoms with Crippen molar-refractivity contribution in [3.8, 4) is 0 Å². The molecule has 0 radical (unpaired) electrons. The lowest BCUT2D eigenvalue weighted by Crippen LogP contribution is -2.16. The molecule has 0 aliphatic rings. The number of nitrogens with two attached hydrogens (primary N) is 1. The molecule has 0 amide bonds. The van der Waals surface area contributed by atoms with Gasteiger partial charge >= 0.3 is 0 Å². The summed E-state index contributed by atoms with van der Waals surface area (Å²) in [4.78, 5) is 0. The normalized spacial score (nSPS) is 12.8. The van der Waals surface area contributed by atoms with Gasteiger partial charge in [0.1, 0.15) is 5.76 Å². The molecule has 2 heteroatoms. The molecule has 2 N–H and O–H groups in total. The van der Waals surface area contributed by atoms with Crippen molar-refractivity contribution in [2.45, 2.75) is 40.7 Å². The van der Waals surface area contributed by atoms with Crippen molar-refractivity contribution in [3.63, 3.8) is 0 Å². The van der Waals surface area contributed by atoms with Crippen LogP contribution in [0, 0.1) is 34.6 Å². The van der Waals surface area contributed by atoms with E-state index in [-0.39, 0.29) is 6.04 Å². The van der Waals surface area contributed by atoms with Gasteiger partial charge in [-0.05, 0) is 68.5 Å². The molecule has 0 aliphatic heterocycles. The lowest BCUT2D eigenvalue weighted by Gasteiger charge is -2.20. The van der Waals surface area contributed by atoms with Gasteiger partial charge in [0.25, 0.3) is 0 Å². The molecule has 2 nitrogen and oxygen atoms in total. The van der Waals surface area contributed by atoms with Gasteiger partial charge in [-0.15, -0.1) is 0 Å². The average molecular weight is 243 g/mol. The molecule has 0 bridgehead atoms. The highest BCUT2D eigenvalue weighted by molar-refractivity contribution is 5.48. The zero-order valence-corrected chi connectivity index (χ0v) is 11.8. The minimum Gasteiger partial charge on any atom is -0.469 e. The van der Waals surface area contributed by atoms with Crippen LogP contribution in [0.15, 0.2) is 22.8 Å². The van der Waals surface area contributed by atoms with Crippen molar-refractivity contribution >= 4 is 0 Å². The first kappa shape index (κ1) is 12.9. The second kappa shape index (κ2) is 4.62. The maximum absolute atomic E-state index is 6.44. The van der Waals surface area contributed by atoms with Gasteiger partial charge in [0.15, 0.2) is 0 Å². The minimum absolute atomic E-state index is 0.109. The van der Waals surface area contributed by atoms with Crippen molar-refractivity contribution in [3.05, 3.63) is 57.5 Å². The van der Waals surface area contributed by atoms with Crippen LogP contribution in [-0.4, -0.2) is 0 Å². The van der Waals surface area contributed by atoms with E-state index in [2.05, 4.69) is 33.8 Å². The van der Waals surface area contributed by atoms with E-state index in [9.17, 15) is 0 Å². The molecule has 18 heavy (non-hydrogen) atoms. The number of benzene rings is 1. The molecule has 1 aromatic heterocycles. The number of hydrogen-bond donors (Lipinski definition) is 1. The van der Waals surface area contributed by atoms with Crippen molar-refractivity contribution in [2.24, 2.45) is 5.73 Å². The van der Waals surface area contributed by atoms with Gasteiger partial charge in [-0.1, -0.05) is 6.07 Å². The molecule has 1 heterocycles. The third-order valence-electron chi connectivity index (χ3n) is 3.97. The van der Waals surface area contributed by atoms with Gasteiger partial charge < -0.3 is 10.2 Å². The molecular formula is C16H21NO. The summed E-state index contributed by atoms with van der Waals surface area (Å²) < 4.78 is 5.37. The molecule has 96 valence electrons. The van der Waals surface area contributed by atoms with Gasteiger partial charge in [0, 0.05) is 5.56 Å². The summed E-state index contributed by atoms with van der Waals surface area (Å²) in [5.74, 6) is 0.903. The fraction of sp³-hybridized carbons (Fsp3) is 0.375. The Hall–Kier alpha value is -1.54. The number of rotatable bonds is 2. The number of hydrogen-bond acceptors (Lipinski definition) is 2. The number of furan rings is 1. The van der Waals surface area contributed by atoms with E-state index in [1.165, 1.54) is 27.8 Å². The first-order valence-corrected chi connectivity index (χ1v) is 6.30. The highest BCUT2D eigenvalue weighted by atomic mass is 16.3. The van der Waals surface area contributed by atoms with Crippen molar-refractivity contribution < 1.29 is 4.42 Å². The summed E-state index contributed by atoms with van der Waals surface area (Å²) >= 11 is 0. The second-order valence-electron chi connectivity index (χ2n) is 5.08. The first-order chi connectivity index (χ1) is 8.43. The molecule has 0 saturated carbocycles. The smallest absolute Gasteiger partial charge is 0.105 e. The third kappa shape index (κ3) is 1.97. The van der Waals surface area contributed by atoms with E-state index >= 15 is 0 Å². The van der Waals surface area contributed by atoms with Gasteiger partial charge in [0.05, 0.1) is 12.3 Å². The standard InChI is InChI=1S/C16H21NO/c1-9-8-10(2)12(4)15(11(9)3)16(17)14-6-7-18-13(14)5/h6-8,16H,17H2,1-5H3. The van der Waals surface area contributed by atoms with E-state index in [4.69, 9.17) is 10.2 Å². The summed E-state index contributed by atoms with van der Waals surface area (Å²) in [7, 11) is 0. The van der Waals surface area contributed by atoms with E-state index in [1.807, 2.05) is 13.0 Å². The molecular weight excluding hydrogens is 222 g/mol. The molecule has 1 unspecified atom stereocenters. The molecule has 2 rings (SSSR count). The van der Waals surface area contributed by atoms with Crippen molar-refractivity contribution in [2.75, 3.05) is 0 Å². The molecule has 1 aromatic carbocycles. The molecule has 0 spiro atoms. The summed E-state index contributed by atoms with van der Waals surface area (Å²) in [6.45, 7) is 10.5. The zero-order chi connectivity index (χ0) is 13.4. The molecule has 0 saturated heterocycles. The first-order valence-electron chi connectivity index (χ1n) is 6.30. The van der Waals surface area contributed by atoms with Gasteiger partial charge in [-0.2, -0.15) is 0 Å². The molecule has 2 aromatic rings. The van der Waals surface area contributed by atoms with Crippen LogP contribution in [0.1, 0.15) is 45.2 Å². The monoisotopic (exact) mass is 243 g/mol. The maximum Gasteiger partial charge on any atom is 0.105 e. The summed E-state index contributed by atoms with van der Waals surface area (Å²) in [6, 6.07) is 4.09. The Morgan fingerprint density at radius 2 is 1.56 bits per heavy atom. The Morgan fingerprint density at radius 3 is 2.00 bits per heavy atom. The highest BCUT2D eigenvalue weighted by Gasteiger charge is 2.19. The van der Waals surface area contributed by atoms with E-state index < -0.39 is 0 Å². The van der Waals surface area contributed by atoms with Gasteiger partial charge in [0.2, 0.25) is 0 Å². The fourth-order valence-corrected chi connectivity index (χ4v) is 2.59. The predicted octanol–water partition coefficient (Wildman–Crippen LogP) is 3.87. The van der Waals surface area contributed by atoms with Crippen molar-refractivity contribution in [1.82, 2.24) is 0 Å². The van der Waals surface area contributed by atoms with Gasteiger partial charge in [-0.25, -0.2) is 0 Å². The largest absolute Gasteiger partial charge is 0.469 e. The van der Waals surface area contributed by atoms with Crippen LogP contribution in [0.4, 0.5) is 0 Å². The Labute approximate surface area is 109 Å². The zero-order valence-electron chi connectivity index (χ0n) is 11.8. The fourth-order valence-electron chi connectivity index (χ4n) is 2.59. The Bertz CT molecular complexity index is 555. The van der Waals surface area contributed by atoms with Crippen LogP contribution < -0.4 is 5.73 Å². The van der Waals surface area contributed by atoms with Gasteiger partial charge in [-0.3, -0.25) is 0 Å². The van der Waals surface area contributed by atoms with Crippen LogP contribution in [0.5, 0.6) is 0 Å². The van der Waals surface area contributed by atoms with Crippen molar-refractivity contribution in [1.29, 1.82) is 0 Å². The van der Waals surface area contributed by atoms with Crippen LogP contribution >= 0.6 is 0 Å². The maximum atomic E-state index is 6.44.